The van der Waals surface area contributed by atoms with E-state index in [1.807, 2.05) is 12.1 Å². The summed E-state index contributed by atoms with van der Waals surface area (Å²) in [6.07, 6.45) is 0.728. The van der Waals surface area contributed by atoms with Gasteiger partial charge >= 0.3 is 0 Å². The van der Waals surface area contributed by atoms with Crippen molar-refractivity contribution < 1.29 is 5.11 Å². The molecule has 1 aromatic carbocycles. The zero-order valence-electron chi connectivity index (χ0n) is 7.17. The van der Waals surface area contributed by atoms with E-state index in [1.165, 1.54) is 11.3 Å². The van der Waals surface area contributed by atoms with Crippen LogP contribution in [-0.2, 0) is 6.42 Å². The summed E-state index contributed by atoms with van der Waals surface area (Å²) < 4.78 is 0. The molecule has 0 radical (unpaired) electrons. The summed E-state index contributed by atoms with van der Waals surface area (Å²) in [5.41, 5.74) is 3.56. The van der Waals surface area contributed by atoms with E-state index in [-0.39, 0.29) is 6.10 Å². The zero-order valence-corrected chi connectivity index (χ0v) is 7.17. The lowest BCUT2D eigenvalue weighted by Gasteiger charge is -2.06. The third-order valence-corrected chi connectivity index (χ3v) is 2.32. The molecule has 1 heterocycles. The summed E-state index contributed by atoms with van der Waals surface area (Å²) in [5.74, 6) is 0. The SMILES string of the molecule is CC(O)c1ccc2c(c1)CCN2. The topological polar surface area (TPSA) is 32.3 Å². The van der Waals surface area contributed by atoms with Crippen molar-refractivity contribution in [1.82, 2.24) is 0 Å². The van der Waals surface area contributed by atoms with Gasteiger partial charge in [0.15, 0.2) is 0 Å². The second kappa shape index (κ2) is 2.79. The summed E-state index contributed by atoms with van der Waals surface area (Å²) in [7, 11) is 0. The number of benzene rings is 1. The van der Waals surface area contributed by atoms with Crippen LogP contribution in [0, 0.1) is 0 Å². The Hall–Kier alpha value is -1.02. The summed E-state index contributed by atoms with van der Waals surface area (Å²) in [5, 5.41) is 12.6. The number of aliphatic hydroxyl groups is 1. The van der Waals surface area contributed by atoms with Crippen LogP contribution in [0.2, 0.25) is 0 Å². The second-order valence-corrected chi connectivity index (χ2v) is 3.27. The third-order valence-electron chi connectivity index (χ3n) is 2.32. The van der Waals surface area contributed by atoms with Gasteiger partial charge in [0.1, 0.15) is 0 Å². The Balaban J connectivity index is 2.39. The molecule has 0 saturated heterocycles. The molecule has 2 nitrogen and oxygen atoms in total. The molecule has 0 saturated carbocycles. The van der Waals surface area contributed by atoms with Crippen LogP contribution in [-0.4, -0.2) is 11.7 Å². The molecule has 0 spiro atoms. The van der Waals surface area contributed by atoms with Crippen LogP contribution >= 0.6 is 0 Å². The van der Waals surface area contributed by atoms with Crippen LogP contribution in [0.1, 0.15) is 24.2 Å². The molecule has 1 unspecified atom stereocenters. The molecule has 0 fully saturated rings. The average Bonchev–Trinajstić information content (AvgIpc) is 2.49. The molecule has 64 valence electrons. The van der Waals surface area contributed by atoms with Gasteiger partial charge < -0.3 is 10.4 Å². The van der Waals surface area contributed by atoms with Gasteiger partial charge in [0.25, 0.3) is 0 Å². The van der Waals surface area contributed by atoms with E-state index in [0.29, 0.717) is 0 Å². The predicted octanol–water partition coefficient (Wildman–Crippen LogP) is 1.71. The van der Waals surface area contributed by atoms with Crippen LogP contribution in [0.15, 0.2) is 18.2 Å². The second-order valence-electron chi connectivity index (χ2n) is 3.27. The third kappa shape index (κ3) is 1.18. The fourth-order valence-electron chi connectivity index (χ4n) is 1.58. The minimum atomic E-state index is -0.351. The smallest absolute Gasteiger partial charge is 0.0762 e. The Labute approximate surface area is 72.2 Å². The number of fused-ring (bicyclic) bond motifs is 1. The van der Waals surface area contributed by atoms with Crippen molar-refractivity contribution in [3.05, 3.63) is 29.3 Å². The molecule has 1 atom stereocenters. The molecule has 2 heteroatoms. The first-order valence-electron chi connectivity index (χ1n) is 4.32. The van der Waals surface area contributed by atoms with E-state index in [1.54, 1.807) is 6.92 Å². The minimum absolute atomic E-state index is 0.351. The van der Waals surface area contributed by atoms with Crippen molar-refractivity contribution in [3.63, 3.8) is 0 Å². The van der Waals surface area contributed by atoms with Gasteiger partial charge in [-0.1, -0.05) is 12.1 Å². The maximum Gasteiger partial charge on any atom is 0.0762 e. The largest absolute Gasteiger partial charge is 0.389 e. The molecule has 0 aliphatic carbocycles. The van der Waals surface area contributed by atoms with Gasteiger partial charge in [0.2, 0.25) is 0 Å². The standard InChI is InChI=1S/C10H13NO/c1-7(12)8-2-3-10-9(6-8)4-5-11-10/h2-3,6-7,11-12H,4-5H2,1H3. The molecule has 0 amide bonds. The van der Waals surface area contributed by atoms with Crippen molar-refractivity contribution in [2.75, 3.05) is 11.9 Å². The zero-order chi connectivity index (χ0) is 8.55. The lowest BCUT2D eigenvalue weighted by atomic mass is 10.1. The Bertz CT molecular complexity index is 294. The quantitative estimate of drug-likeness (QED) is 0.660. The Morgan fingerprint density at radius 3 is 3.08 bits per heavy atom. The fourth-order valence-corrected chi connectivity index (χ4v) is 1.58. The van der Waals surface area contributed by atoms with Gasteiger partial charge in [-0.2, -0.15) is 0 Å². The summed E-state index contributed by atoms with van der Waals surface area (Å²) >= 11 is 0. The first kappa shape index (κ1) is 7.62. The summed E-state index contributed by atoms with van der Waals surface area (Å²) in [4.78, 5) is 0. The van der Waals surface area contributed by atoms with Crippen molar-refractivity contribution in [2.45, 2.75) is 19.4 Å². The number of rotatable bonds is 1. The molecule has 0 aromatic heterocycles. The van der Waals surface area contributed by atoms with Crippen LogP contribution < -0.4 is 5.32 Å². The van der Waals surface area contributed by atoms with E-state index in [9.17, 15) is 5.11 Å². The lowest BCUT2D eigenvalue weighted by Crippen LogP contribution is -1.92. The van der Waals surface area contributed by atoms with Crippen LogP contribution in [0.25, 0.3) is 0 Å². The molecule has 1 aromatic rings. The van der Waals surface area contributed by atoms with Gasteiger partial charge in [-0.25, -0.2) is 0 Å². The van der Waals surface area contributed by atoms with Gasteiger partial charge in [-0.05, 0) is 30.5 Å². The van der Waals surface area contributed by atoms with E-state index in [2.05, 4.69) is 11.4 Å². The average molecular weight is 163 g/mol. The predicted molar refractivity (Wildman–Crippen MR) is 49.3 cm³/mol. The summed E-state index contributed by atoms with van der Waals surface area (Å²) in [6.45, 7) is 2.82. The molecule has 12 heavy (non-hydrogen) atoms. The van der Waals surface area contributed by atoms with Gasteiger partial charge in [-0.15, -0.1) is 0 Å². The van der Waals surface area contributed by atoms with E-state index < -0.39 is 0 Å². The normalized spacial score (nSPS) is 16.8. The molecular weight excluding hydrogens is 150 g/mol. The van der Waals surface area contributed by atoms with Crippen LogP contribution in [0.4, 0.5) is 5.69 Å². The highest BCUT2D eigenvalue weighted by Gasteiger charge is 2.11. The monoisotopic (exact) mass is 163 g/mol. The molecule has 1 aliphatic heterocycles. The number of hydrogen-bond acceptors (Lipinski definition) is 2. The van der Waals surface area contributed by atoms with Crippen LogP contribution in [0.5, 0.6) is 0 Å². The molecule has 2 rings (SSSR count). The lowest BCUT2D eigenvalue weighted by molar-refractivity contribution is 0.199. The molecular formula is C10H13NO. The van der Waals surface area contributed by atoms with Gasteiger partial charge in [0.05, 0.1) is 6.10 Å². The van der Waals surface area contributed by atoms with Crippen molar-refractivity contribution >= 4 is 5.69 Å². The van der Waals surface area contributed by atoms with Gasteiger partial charge in [-0.3, -0.25) is 0 Å². The summed E-state index contributed by atoms with van der Waals surface area (Å²) in [6, 6.07) is 6.10. The number of anilines is 1. The Morgan fingerprint density at radius 2 is 2.33 bits per heavy atom. The van der Waals surface area contributed by atoms with Crippen molar-refractivity contribution in [3.8, 4) is 0 Å². The van der Waals surface area contributed by atoms with Gasteiger partial charge in [0, 0.05) is 12.2 Å². The molecule has 2 N–H and O–H groups in total. The highest BCUT2D eigenvalue weighted by Crippen LogP contribution is 2.25. The minimum Gasteiger partial charge on any atom is -0.389 e. The Morgan fingerprint density at radius 1 is 1.50 bits per heavy atom. The highest BCUT2D eigenvalue weighted by atomic mass is 16.3. The number of aliphatic hydroxyl groups excluding tert-OH is 1. The fraction of sp³-hybridized carbons (Fsp3) is 0.400. The van der Waals surface area contributed by atoms with E-state index in [0.717, 1.165) is 18.5 Å². The van der Waals surface area contributed by atoms with Crippen molar-refractivity contribution in [1.29, 1.82) is 0 Å². The Kier molecular flexibility index (Phi) is 1.77. The molecule has 1 aliphatic rings. The molecule has 0 bridgehead atoms. The first-order valence-corrected chi connectivity index (χ1v) is 4.32. The maximum absolute atomic E-state index is 9.33. The number of hydrogen-bond donors (Lipinski definition) is 2. The van der Waals surface area contributed by atoms with Crippen LogP contribution in [0.3, 0.4) is 0 Å². The highest BCUT2D eigenvalue weighted by molar-refractivity contribution is 5.56. The van der Waals surface area contributed by atoms with E-state index >= 15 is 0 Å². The van der Waals surface area contributed by atoms with Crippen molar-refractivity contribution in [2.24, 2.45) is 0 Å². The van der Waals surface area contributed by atoms with E-state index in [4.69, 9.17) is 0 Å². The maximum atomic E-state index is 9.33. The first-order chi connectivity index (χ1) is 5.77. The number of nitrogens with one attached hydrogen (secondary N) is 1.